The number of nitrogens with zero attached hydrogens (tertiary/aromatic N) is 1. The van der Waals surface area contributed by atoms with Crippen molar-refractivity contribution in [3.8, 4) is 11.8 Å². The first-order valence-electron chi connectivity index (χ1n) is 6.23. The zero-order chi connectivity index (χ0) is 14.1. The molecule has 0 amide bonds. The number of carbonyl (C=O) groups is 1. The van der Waals surface area contributed by atoms with E-state index >= 15 is 0 Å². The van der Waals surface area contributed by atoms with Gasteiger partial charge in [-0.05, 0) is 36.3 Å². The van der Waals surface area contributed by atoms with Crippen molar-refractivity contribution in [1.82, 2.24) is 0 Å². The molecule has 1 aliphatic heterocycles. The van der Waals surface area contributed by atoms with Crippen LogP contribution in [0.5, 0.6) is 5.75 Å². The van der Waals surface area contributed by atoms with Gasteiger partial charge in [-0.3, -0.25) is 0 Å². The van der Waals surface area contributed by atoms with Crippen LogP contribution in [0.15, 0.2) is 48.5 Å². The van der Waals surface area contributed by atoms with Crippen molar-refractivity contribution in [3.05, 3.63) is 65.2 Å². The van der Waals surface area contributed by atoms with Gasteiger partial charge < -0.3 is 4.74 Å². The van der Waals surface area contributed by atoms with E-state index in [1.54, 1.807) is 18.2 Å². The first kappa shape index (κ1) is 12.2. The molecule has 0 fully saturated rings. The number of ether oxygens (including phenoxy) is 1. The van der Waals surface area contributed by atoms with Crippen molar-refractivity contribution in [1.29, 1.82) is 5.26 Å². The molecule has 0 aliphatic carbocycles. The zero-order valence-corrected chi connectivity index (χ0v) is 10.9. The van der Waals surface area contributed by atoms with Gasteiger partial charge in [0.15, 0.2) is 0 Å². The Hall–Kier alpha value is -2.86. The summed E-state index contributed by atoms with van der Waals surface area (Å²) in [5.41, 5.74) is 3.77. The number of carbonyl (C=O) groups excluding carboxylic acids is 1. The van der Waals surface area contributed by atoms with Crippen LogP contribution in [-0.2, 0) is 4.79 Å². The molecule has 96 valence electrons. The number of fused-ring (bicyclic) bond motifs is 1. The standard InChI is InChI=1S/C17H11NO2/c1-11(13-8-6-12(10-18)7-9-13)16-14-4-2-3-5-15(14)20-17(16)19/h2-9H,1H3. The number of esters is 1. The van der Waals surface area contributed by atoms with Gasteiger partial charge in [0.1, 0.15) is 5.75 Å². The van der Waals surface area contributed by atoms with Crippen LogP contribution in [0.25, 0.3) is 11.1 Å². The van der Waals surface area contributed by atoms with Crippen LogP contribution < -0.4 is 4.74 Å². The van der Waals surface area contributed by atoms with Crippen LogP contribution in [-0.4, -0.2) is 5.97 Å². The van der Waals surface area contributed by atoms with Crippen LogP contribution in [0.2, 0.25) is 0 Å². The van der Waals surface area contributed by atoms with Crippen LogP contribution in [0, 0.1) is 11.3 Å². The maximum Gasteiger partial charge on any atom is 0.344 e. The lowest BCUT2D eigenvalue weighted by atomic mass is 9.96. The van der Waals surface area contributed by atoms with E-state index in [0.717, 1.165) is 16.7 Å². The number of hydrogen-bond donors (Lipinski definition) is 0. The topological polar surface area (TPSA) is 50.1 Å². The first-order chi connectivity index (χ1) is 9.70. The fourth-order valence-corrected chi connectivity index (χ4v) is 2.32. The summed E-state index contributed by atoms with van der Waals surface area (Å²) in [5, 5.41) is 8.81. The molecular weight excluding hydrogens is 250 g/mol. The van der Waals surface area contributed by atoms with E-state index in [-0.39, 0.29) is 5.97 Å². The summed E-state index contributed by atoms with van der Waals surface area (Å²) in [6, 6.07) is 16.6. The van der Waals surface area contributed by atoms with Crippen LogP contribution in [0.1, 0.15) is 23.6 Å². The van der Waals surface area contributed by atoms with E-state index in [1.807, 2.05) is 37.3 Å². The Balaban J connectivity index is 2.14. The second-order valence-corrected chi connectivity index (χ2v) is 4.57. The Morgan fingerprint density at radius 1 is 1.10 bits per heavy atom. The van der Waals surface area contributed by atoms with E-state index in [9.17, 15) is 4.79 Å². The predicted molar refractivity (Wildman–Crippen MR) is 75.7 cm³/mol. The minimum absolute atomic E-state index is 0.326. The van der Waals surface area contributed by atoms with Crippen molar-refractivity contribution in [2.24, 2.45) is 0 Å². The molecule has 0 saturated carbocycles. The molecule has 0 aromatic heterocycles. The highest BCUT2D eigenvalue weighted by atomic mass is 16.5. The third kappa shape index (κ3) is 1.88. The van der Waals surface area contributed by atoms with Gasteiger partial charge in [0.25, 0.3) is 0 Å². The minimum atomic E-state index is -0.326. The molecule has 0 spiro atoms. The molecule has 3 nitrogen and oxygen atoms in total. The summed E-state index contributed by atoms with van der Waals surface area (Å²) in [5.74, 6) is 0.272. The monoisotopic (exact) mass is 261 g/mol. The zero-order valence-electron chi connectivity index (χ0n) is 10.9. The quantitative estimate of drug-likeness (QED) is 0.449. The van der Waals surface area contributed by atoms with Gasteiger partial charge in [-0.2, -0.15) is 5.26 Å². The molecule has 20 heavy (non-hydrogen) atoms. The highest BCUT2D eigenvalue weighted by Gasteiger charge is 2.28. The summed E-state index contributed by atoms with van der Waals surface area (Å²) in [7, 11) is 0. The summed E-state index contributed by atoms with van der Waals surface area (Å²) >= 11 is 0. The molecule has 2 aromatic carbocycles. The maximum atomic E-state index is 12.0. The third-order valence-electron chi connectivity index (χ3n) is 3.39. The van der Waals surface area contributed by atoms with Gasteiger partial charge in [-0.15, -0.1) is 0 Å². The Kier molecular flexibility index (Phi) is 2.85. The van der Waals surface area contributed by atoms with Crippen molar-refractivity contribution in [2.75, 3.05) is 0 Å². The second kappa shape index (κ2) is 4.67. The predicted octanol–water partition coefficient (Wildman–Crippen LogP) is 3.41. The average molecular weight is 261 g/mol. The fraction of sp³-hybridized carbons (Fsp3) is 0.0588. The molecule has 1 heterocycles. The van der Waals surface area contributed by atoms with E-state index in [0.29, 0.717) is 16.9 Å². The molecule has 3 rings (SSSR count). The Bertz CT molecular complexity index is 764. The molecule has 0 atom stereocenters. The Labute approximate surface area is 116 Å². The number of allylic oxidation sites excluding steroid dienone is 1. The smallest absolute Gasteiger partial charge is 0.344 e. The fourth-order valence-electron chi connectivity index (χ4n) is 2.32. The average Bonchev–Trinajstić information content (AvgIpc) is 2.82. The molecule has 0 saturated heterocycles. The first-order valence-corrected chi connectivity index (χ1v) is 6.23. The van der Waals surface area contributed by atoms with Crippen molar-refractivity contribution in [2.45, 2.75) is 6.92 Å². The SMILES string of the molecule is CC(=C1C(=O)Oc2ccccc21)c1ccc(C#N)cc1. The molecule has 0 unspecified atom stereocenters. The number of para-hydroxylation sites is 1. The Morgan fingerprint density at radius 2 is 1.80 bits per heavy atom. The van der Waals surface area contributed by atoms with Crippen LogP contribution in [0.4, 0.5) is 0 Å². The van der Waals surface area contributed by atoms with E-state index in [1.165, 1.54) is 0 Å². The molecule has 3 heteroatoms. The van der Waals surface area contributed by atoms with Crippen molar-refractivity contribution < 1.29 is 9.53 Å². The number of nitriles is 1. The Morgan fingerprint density at radius 3 is 2.50 bits per heavy atom. The lowest BCUT2D eigenvalue weighted by molar-refractivity contribution is -0.126. The molecule has 1 aliphatic rings. The summed E-state index contributed by atoms with van der Waals surface area (Å²) < 4.78 is 5.26. The summed E-state index contributed by atoms with van der Waals surface area (Å²) in [6.07, 6.45) is 0. The molecular formula is C17H11NO2. The number of hydrogen-bond acceptors (Lipinski definition) is 3. The van der Waals surface area contributed by atoms with Gasteiger partial charge in [0, 0.05) is 5.56 Å². The van der Waals surface area contributed by atoms with Crippen LogP contribution >= 0.6 is 0 Å². The third-order valence-corrected chi connectivity index (χ3v) is 3.39. The highest BCUT2D eigenvalue weighted by molar-refractivity contribution is 6.28. The lowest BCUT2D eigenvalue weighted by Gasteiger charge is -2.05. The van der Waals surface area contributed by atoms with Gasteiger partial charge in [-0.1, -0.05) is 30.3 Å². The molecule has 0 bridgehead atoms. The highest BCUT2D eigenvalue weighted by Crippen LogP contribution is 2.38. The lowest BCUT2D eigenvalue weighted by Crippen LogP contribution is -2.02. The number of benzene rings is 2. The van der Waals surface area contributed by atoms with Gasteiger partial charge >= 0.3 is 5.97 Å². The summed E-state index contributed by atoms with van der Waals surface area (Å²) in [6.45, 7) is 1.89. The molecule has 2 aromatic rings. The molecule has 0 N–H and O–H groups in total. The molecule has 0 radical (unpaired) electrons. The van der Waals surface area contributed by atoms with Crippen LogP contribution in [0.3, 0.4) is 0 Å². The largest absolute Gasteiger partial charge is 0.422 e. The second-order valence-electron chi connectivity index (χ2n) is 4.57. The van der Waals surface area contributed by atoms with E-state index in [2.05, 4.69) is 6.07 Å². The van der Waals surface area contributed by atoms with Crippen molar-refractivity contribution in [3.63, 3.8) is 0 Å². The normalized spacial score (nSPS) is 15.3. The van der Waals surface area contributed by atoms with E-state index < -0.39 is 0 Å². The minimum Gasteiger partial charge on any atom is -0.422 e. The van der Waals surface area contributed by atoms with Gasteiger partial charge in [-0.25, -0.2) is 4.79 Å². The summed E-state index contributed by atoms with van der Waals surface area (Å²) in [4.78, 5) is 12.0. The van der Waals surface area contributed by atoms with Crippen molar-refractivity contribution >= 4 is 17.1 Å². The van der Waals surface area contributed by atoms with Gasteiger partial charge in [0.2, 0.25) is 0 Å². The number of rotatable bonds is 1. The maximum absolute atomic E-state index is 12.0. The van der Waals surface area contributed by atoms with E-state index in [4.69, 9.17) is 10.00 Å². The van der Waals surface area contributed by atoms with Gasteiger partial charge in [0.05, 0.1) is 17.2 Å².